The first-order valence-electron chi connectivity index (χ1n) is 3.71. The van der Waals surface area contributed by atoms with Crippen LogP contribution in [0.15, 0.2) is 12.2 Å². The molecule has 1 aliphatic heterocycles. The van der Waals surface area contributed by atoms with Crippen LogP contribution in [0.3, 0.4) is 0 Å². The van der Waals surface area contributed by atoms with Crippen LogP contribution in [0.5, 0.6) is 0 Å². The summed E-state index contributed by atoms with van der Waals surface area (Å²) in [6.07, 6.45) is 0. The summed E-state index contributed by atoms with van der Waals surface area (Å²) in [4.78, 5) is 2.28. The molecule has 0 aliphatic carbocycles. The summed E-state index contributed by atoms with van der Waals surface area (Å²) in [6.45, 7) is 6.62. The number of hydrogen-bond donors (Lipinski definition) is 0. The van der Waals surface area contributed by atoms with E-state index in [0.717, 1.165) is 19.6 Å². The van der Waals surface area contributed by atoms with Crippen LogP contribution in [0.2, 0.25) is 0 Å². The first kappa shape index (κ1) is 8.63. The van der Waals surface area contributed by atoms with Crippen LogP contribution in [0.25, 0.3) is 0 Å². The van der Waals surface area contributed by atoms with Gasteiger partial charge >= 0.3 is 0 Å². The highest BCUT2D eigenvalue weighted by atomic mass is 32.2. The average Bonchev–Trinajstić information content (AvgIpc) is 2.06. The Morgan fingerprint density at radius 2 is 2.18 bits per heavy atom. The molecule has 0 atom stereocenters. The molecule has 0 aromatic carbocycles. The Hall–Kier alpha value is -0.460. The third-order valence-corrected chi connectivity index (χ3v) is 2.62. The quantitative estimate of drug-likeness (QED) is 0.578. The van der Waals surface area contributed by atoms with Gasteiger partial charge in [0, 0.05) is 36.7 Å². The van der Waals surface area contributed by atoms with Crippen molar-refractivity contribution in [2.75, 3.05) is 31.1 Å². The number of rotatable bonds is 2. The summed E-state index contributed by atoms with van der Waals surface area (Å²) >= 11 is 1.98. The van der Waals surface area contributed by atoms with Gasteiger partial charge in [0.05, 0.1) is 6.07 Å². The van der Waals surface area contributed by atoms with Crippen LogP contribution in [0, 0.1) is 11.3 Å². The van der Waals surface area contributed by atoms with Crippen molar-refractivity contribution in [3.05, 3.63) is 12.2 Å². The molecule has 2 nitrogen and oxygen atoms in total. The standard InChI is InChI=1S/C8H12N2S/c1-8(6-9)7-10-2-4-11-5-3-10/h1-5,7H2. The van der Waals surface area contributed by atoms with Crippen molar-refractivity contribution < 1.29 is 0 Å². The lowest BCUT2D eigenvalue weighted by atomic mass is 10.3. The molecule has 0 N–H and O–H groups in total. The molecule has 1 heterocycles. The van der Waals surface area contributed by atoms with Crippen molar-refractivity contribution in [2.24, 2.45) is 0 Å². The fourth-order valence-electron chi connectivity index (χ4n) is 1.06. The lowest BCUT2D eigenvalue weighted by Crippen LogP contribution is -2.33. The Balaban J connectivity index is 2.25. The molecule has 3 heteroatoms. The molecule has 0 amide bonds. The van der Waals surface area contributed by atoms with E-state index >= 15 is 0 Å². The Kier molecular flexibility index (Phi) is 3.47. The molecular weight excluding hydrogens is 156 g/mol. The van der Waals surface area contributed by atoms with E-state index < -0.39 is 0 Å². The molecule has 60 valence electrons. The Morgan fingerprint density at radius 1 is 1.55 bits per heavy atom. The third kappa shape index (κ3) is 2.96. The van der Waals surface area contributed by atoms with Crippen LogP contribution in [0.1, 0.15) is 0 Å². The summed E-state index contributed by atoms with van der Waals surface area (Å²) in [5, 5.41) is 8.48. The second-order valence-electron chi connectivity index (χ2n) is 2.60. The predicted molar refractivity (Wildman–Crippen MR) is 48.5 cm³/mol. The molecule has 0 saturated carbocycles. The number of nitrogens with zero attached hydrogens (tertiary/aromatic N) is 2. The number of hydrogen-bond acceptors (Lipinski definition) is 3. The van der Waals surface area contributed by atoms with Crippen LogP contribution in [-0.4, -0.2) is 36.0 Å². The minimum absolute atomic E-state index is 0.678. The van der Waals surface area contributed by atoms with Gasteiger partial charge in [-0.3, -0.25) is 4.90 Å². The summed E-state index contributed by atoms with van der Waals surface area (Å²) in [5.74, 6) is 2.39. The first-order chi connectivity index (χ1) is 5.33. The van der Waals surface area contributed by atoms with Crippen LogP contribution < -0.4 is 0 Å². The molecule has 0 radical (unpaired) electrons. The van der Waals surface area contributed by atoms with Crippen LogP contribution in [-0.2, 0) is 0 Å². The molecule has 0 spiro atoms. The van der Waals surface area contributed by atoms with E-state index in [2.05, 4.69) is 17.5 Å². The lowest BCUT2D eigenvalue weighted by molar-refractivity contribution is 0.331. The van der Waals surface area contributed by atoms with Gasteiger partial charge in [0.25, 0.3) is 0 Å². The van der Waals surface area contributed by atoms with Crippen LogP contribution >= 0.6 is 11.8 Å². The zero-order valence-electron chi connectivity index (χ0n) is 6.55. The van der Waals surface area contributed by atoms with Crippen molar-refractivity contribution in [2.45, 2.75) is 0 Å². The van der Waals surface area contributed by atoms with Gasteiger partial charge < -0.3 is 0 Å². The lowest BCUT2D eigenvalue weighted by Gasteiger charge is -2.25. The van der Waals surface area contributed by atoms with Gasteiger partial charge in [-0.25, -0.2) is 0 Å². The zero-order chi connectivity index (χ0) is 8.10. The summed E-state index contributed by atoms with van der Waals surface area (Å²) in [5.41, 5.74) is 0.678. The van der Waals surface area contributed by atoms with Crippen LogP contribution in [0.4, 0.5) is 0 Å². The fourth-order valence-corrected chi connectivity index (χ4v) is 2.04. The Bertz CT molecular complexity index is 177. The molecule has 1 aliphatic rings. The van der Waals surface area contributed by atoms with Crippen molar-refractivity contribution in [1.82, 2.24) is 4.90 Å². The van der Waals surface area contributed by atoms with Gasteiger partial charge in [-0.05, 0) is 0 Å². The maximum atomic E-state index is 8.48. The zero-order valence-corrected chi connectivity index (χ0v) is 7.36. The number of nitriles is 1. The molecule has 0 aromatic heterocycles. The molecule has 1 fully saturated rings. The molecule has 1 rings (SSSR count). The fraction of sp³-hybridized carbons (Fsp3) is 0.625. The smallest absolute Gasteiger partial charge is 0.0954 e. The molecular formula is C8H12N2S. The third-order valence-electron chi connectivity index (χ3n) is 1.68. The Morgan fingerprint density at radius 3 is 2.73 bits per heavy atom. The average molecular weight is 168 g/mol. The minimum atomic E-state index is 0.678. The van der Waals surface area contributed by atoms with Gasteiger partial charge in [-0.2, -0.15) is 17.0 Å². The monoisotopic (exact) mass is 168 g/mol. The molecule has 0 bridgehead atoms. The summed E-state index contributed by atoms with van der Waals surface area (Å²) in [7, 11) is 0. The van der Waals surface area contributed by atoms with Crippen molar-refractivity contribution in [1.29, 1.82) is 5.26 Å². The van der Waals surface area contributed by atoms with E-state index in [9.17, 15) is 0 Å². The first-order valence-corrected chi connectivity index (χ1v) is 4.86. The van der Waals surface area contributed by atoms with Crippen molar-refractivity contribution in [3.63, 3.8) is 0 Å². The van der Waals surface area contributed by atoms with Gasteiger partial charge in [0.15, 0.2) is 0 Å². The molecule has 1 saturated heterocycles. The summed E-state index contributed by atoms with van der Waals surface area (Å²) < 4.78 is 0. The van der Waals surface area contributed by atoms with Gasteiger partial charge in [-0.1, -0.05) is 6.58 Å². The molecule has 11 heavy (non-hydrogen) atoms. The van der Waals surface area contributed by atoms with E-state index in [1.807, 2.05) is 11.8 Å². The van der Waals surface area contributed by atoms with Crippen molar-refractivity contribution in [3.8, 4) is 6.07 Å². The van der Waals surface area contributed by atoms with E-state index in [4.69, 9.17) is 5.26 Å². The second-order valence-corrected chi connectivity index (χ2v) is 3.83. The van der Waals surface area contributed by atoms with Gasteiger partial charge in [-0.15, -0.1) is 0 Å². The largest absolute Gasteiger partial charge is 0.297 e. The molecule has 0 unspecified atom stereocenters. The van der Waals surface area contributed by atoms with Gasteiger partial charge in [0.2, 0.25) is 0 Å². The topological polar surface area (TPSA) is 27.0 Å². The maximum absolute atomic E-state index is 8.48. The summed E-state index contributed by atoms with van der Waals surface area (Å²) in [6, 6.07) is 2.07. The highest BCUT2D eigenvalue weighted by molar-refractivity contribution is 7.99. The van der Waals surface area contributed by atoms with E-state index in [1.165, 1.54) is 11.5 Å². The second kappa shape index (κ2) is 4.42. The van der Waals surface area contributed by atoms with E-state index in [-0.39, 0.29) is 0 Å². The predicted octanol–water partition coefficient (Wildman–Crippen LogP) is 1.11. The van der Waals surface area contributed by atoms with Gasteiger partial charge in [0.1, 0.15) is 0 Å². The van der Waals surface area contributed by atoms with E-state index in [1.54, 1.807) is 0 Å². The highest BCUT2D eigenvalue weighted by Crippen LogP contribution is 2.09. The van der Waals surface area contributed by atoms with Crippen molar-refractivity contribution >= 4 is 11.8 Å². The maximum Gasteiger partial charge on any atom is 0.0954 e. The number of thioether (sulfide) groups is 1. The normalized spacial score (nSPS) is 19.2. The Labute approximate surface area is 71.9 Å². The molecule has 0 aromatic rings. The SMILES string of the molecule is C=C(C#N)CN1CCSCC1. The van der Waals surface area contributed by atoms with E-state index in [0.29, 0.717) is 5.57 Å². The highest BCUT2D eigenvalue weighted by Gasteiger charge is 2.10. The minimum Gasteiger partial charge on any atom is -0.297 e.